The fourth-order valence-corrected chi connectivity index (χ4v) is 2.40. The van der Waals surface area contributed by atoms with Crippen LogP contribution in [0.5, 0.6) is 0 Å². The lowest BCUT2D eigenvalue weighted by Gasteiger charge is -2.31. The van der Waals surface area contributed by atoms with Gasteiger partial charge in [-0.1, -0.05) is 6.07 Å². The second-order valence-corrected chi connectivity index (χ2v) is 4.24. The van der Waals surface area contributed by atoms with Gasteiger partial charge in [0.15, 0.2) is 0 Å². The number of carboxylic acid groups (broad SMARTS) is 1. The molecule has 1 fully saturated rings. The van der Waals surface area contributed by atoms with Crippen molar-refractivity contribution in [1.29, 1.82) is 0 Å². The molecular formula is C12H16N2O2. The van der Waals surface area contributed by atoms with Crippen LogP contribution in [0.25, 0.3) is 0 Å². The molecule has 0 bridgehead atoms. The number of pyridine rings is 1. The Labute approximate surface area is 94.7 Å². The molecule has 16 heavy (non-hydrogen) atoms. The van der Waals surface area contributed by atoms with Crippen molar-refractivity contribution in [1.82, 2.24) is 10.3 Å². The minimum atomic E-state index is -0.720. The Morgan fingerprint density at radius 3 is 3.19 bits per heavy atom. The van der Waals surface area contributed by atoms with E-state index in [1.807, 2.05) is 18.3 Å². The average molecular weight is 220 g/mol. The van der Waals surface area contributed by atoms with Crippen LogP contribution >= 0.6 is 0 Å². The zero-order valence-electron chi connectivity index (χ0n) is 9.10. The first-order chi connectivity index (χ1) is 7.77. The van der Waals surface area contributed by atoms with Crippen molar-refractivity contribution in [3.05, 3.63) is 30.1 Å². The summed E-state index contributed by atoms with van der Waals surface area (Å²) in [7, 11) is 0. The molecule has 2 heterocycles. The minimum Gasteiger partial charge on any atom is -0.481 e. The van der Waals surface area contributed by atoms with Crippen LogP contribution in [0, 0.1) is 5.92 Å². The smallest absolute Gasteiger partial charge is 0.303 e. The predicted molar refractivity (Wildman–Crippen MR) is 60.2 cm³/mol. The summed E-state index contributed by atoms with van der Waals surface area (Å²) in [6.45, 7) is 1.74. The van der Waals surface area contributed by atoms with Gasteiger partial charge in [-0.3, -0.25) is 9.78 Å². The largest absolute Gasteiger partial charge is 0.481 e. The van der Waals surface area contributed by atoms with Crippen LogP contribution in [-0.4, -0.2) is 29.1 Å². The van der Waals surface area contributed by atoms with Gasteiger partial charge in [-0.25, -0.2) is 0 Å². The molecule has 1 aliphatic rings. The molecule has 0 saturated carbocycles. The van der Waals surface area contributed by atoms with Crippen molar-refractivity contribution in [2.24, 2.45) is 5.92 Å². The lowest BCUT2D eigenvalue weighted by Crippen LogP contribution is -2.36. The molecule has 0 spiro atoms. The van der Waals surface area contributed by atoms with Gasteiger partial charge in [-0.15, -0.1) is 0 Å². The second kappa shape index (κ2) is 5.07. The van der Waals surface area contributed by atoms with Crippen LogP contribution in [0.15, 0.2) is 24.5 Å². The number of hydrogen-bond acceptors (Lipinski definition) is 3. The van der Waals surface area contributed by atoms with Gasteiger partial charge in [0, 0.05) is 18.8 Å². The molecule has 2 N–H and O–H groups in total. The zero-order valence-corrected chi connectivity index (χ0v) is 9.10. The first-order valence-electron chi connectivity index (χ1n) is 5.60. The molecule has 1 aromatic rings. The summed E-state index contributed by atoms with van der Waals surface area (Å²) in [5.74, 6) is -0.218. The number of carboxylic acids is 1. The number of carbonyl (C=O) groups is 1. The Kier molecular flexibility index (Phi) is 3.51. The second-order valence-electron chi connectivity index (χ2n) is 4.24. The molecule has 2 atom stereocenters. The summed E-state index contributed by atoms with van der Waals surface area (Å²) >= 11 is 0. The highest BCUT2D eigenvalue weighted by Gasteiger charge is 2.28. The van der Waals surface area contributed by atoms with E-state index in [1.54, 1.807) is 6.20 Å². The molecule has 86 valence electrons. The quantitative estimate of drug-likeness (QED) is 0.804. The summed E-state index contributed by atoms with van der Waals surface area (Å²) in [5, 5.41) is 12.1. The Balaban J connectivity index is 2.13. The lowest BCUT2D eigenvalue weighted by molar-refractivity contribution is -0.138. The van der Waals surface area contributed by atoms with Crippen molar-refractivity contribution in [2.45, 2.75) is 18.8 Å². The van der Waals surface area contributed by atoms with Gasteiger partial charge < -0.3 is 10.4 Å². The molecule has 0 aliphatic carbocycles. The van der Waals surface area contributed by atoms with Crippen molar-refractivity contribution in [3.8, 4) is 0 Å². The average Bonchev–Trinajstić information content (AvgIpc) is 2.30. The molecule has 1 aliphatic heterocycles. The van der Waals surface area contributed by atoms with Gasteiger partial charge in [0.1, 0.15) is 0 Å². The SMILES string of the molecule is O=C(O)C[C@H]1CNCC[C@H]1c1cccnc1. The predicted octanol–water partition coefficient (Wildman–Crippen LogP) is 1.25. The monoisotopic (exact) mass is 220 g/mol. The van der Waals surface area contributed by atoms with E-state index >= 15 is 0 Å². The van der Waals surface area contributed by atoms with Gasteiger partial charge >= 0.3 is 5.97 Å². The van der Waals surface area contributed by atoms with Gasteiger partial charge in [0.2, 0.25) is 0 Å². The van der Waals surface area contributed by atoms with E-state index in [4.69, 9.17) is 5.11 Å². The Hall–Kier alpha value is -1.42. The van der Waals surface area contributed by atoms with Crippen molar-refractivity contribution in [3.63, 3.8) is 0 Å². The van der Waals surface area contributed by atoms with Crippen LogP contribution in [0.1, 0.15) is 24.3 Å². The Morgan fingerprint density at radius 2 is 2.50 bits per heavy atom. The third-order valence-corrected chi connectivity index (χ3v) is 3.16. The fourth-order valence-electron chi connectivity index (χ4n) is 2.40. The third kappa shape index (κ3) is 2.58. The molecule has 1 saturated heterocycles. The molecular weight excluding hydrogens is 204 g/mol. The van der Waals surface area contributed by atoms with Crippen LogP contribution in [0.4, 0.5) is 0 Å². The number of nitrogens with zero attached hydrogens (tertiary/aromatic N) is 1. The maximum Gasteiger partial charge on any atom is 0.303 e. The summed E-state index contributed by atoms with van der Waals surface area (Å²) in [5.41, 5.74) is 1.16. The zero-order chi connectivity index (χ0) is 11.4. The van der Waals surface area contributed by atoms with E-state index in [2.05, 4.69) is 10.3 Å². The molecule has 0 radical (unpaired) electrons. The van der Waals surface area contributed by atoms with Crippen LogP contribution in [-0.2, 0) is 4.79 Å². The van der Waals surface area contributed by atoms with Crippen molar-refractivity contribution >= 4 is 5.97 Å². The van der Waals surface area contributed by atoms with Gasteiger partial charge in [-0.2, -0.15) is 0 Å². The molecule has 4 nitrogen and oxygen atoms in total. The summed E-state index contributed by atoms with van der Waals surface area (Å²) < 4.78 is 0. The topological polar surface area (TPSA) is 62.2 Å². The number of nitrogens with one attached hydrogen (secondary N) is 1. The highest BCUT2D eigenvalue weighted by molar-refractivity contribution is 5.67. The first kappa shape index (κ1) is 11.1. The highest BCUT2D eigenvalue weighted by Crippen LogP contribution is 2.31. The molecule has 4 heteroatoms. The van der Waals surface area contributed by atoms with Crippen LogP contribution in [0.3, 0.4) is 0 Å². The van der Waals surface area contributed by atoms with E-state index in [-0.39, 0.29) is 12.3 Å². The molecule has 0 amide bonds. The Bertz CT molecular complexity index is 353. The van der Waals surface area contributed by atoms with E-state index < -0.39 is 5.97 Å². The van der Waals surface area contributed by atoms with E-state index in [9.17, 15) is 4.79 Å². The summed E-state index contributed by atoms with van der Waals surface area (Å²) in [4.78, 5) is 14.9. The summed E-state index contributed by atoms with van der Waals surface area (Å²) in [6.07, 6.45) is 4.82. The minimum absolute atomic E-state index is 0.176. The Morgan fingerprint density at radius 1 is 1.62 bits per heavy atom. The van der Waals surface area contributed by atoms with Gasteiger partial charge in [-0.05, 0) is 43.0 Å². The van der Waals surface area contributed by atoms with E-state index in [0.717, 1.165) is 25.1 Å². The molecule has 1 aromatic heterocycles. The van der Waals surface area contributed by atoms with Crippen LogP contribution in [0.2, 0.25) is 0 Å². The normalized spacial score (nSPS) is 25.2. The van der Waals surface area contributed by atoms with Crippen LogP contribution < -0.4 is 5.32 Å². The van der Waals surface area contributed by atoms with Gasteiger partial charge in [0.05, 0.1) is 0 Å². The lowest BCUT2D eigenvalue weighted by atomic mass is 9.80. The van der Waals surface area contributed by atoms with E-state index in [1.165, 1.54) is 0 Å². The number of hydrogen-bond donors (Lipinski definition) is 2. The molecule has 0 unspecified atom stereocenters. The third-order valence-electron chi connectivity index (χ3n) is 3.16. The maximum atomic E-state index is 10.8. The highest BCUT2D eigenvalue weighted by atomic mass is 16.4. The standard InChI is InChI=1S/C12H16N2O2/c15-12(16)6-10-8-14-5-3-11(10)9-2-1-4-13-7-9/h1-2,4,7,10-11,14H,3,5-6,8H2,(H,15,16)/t10-,11-/m0/s1. The molecule has 2 rings (SSSR count). The fraction of sp³-hybridized carbons (Fsp3) is 0.500. The number of rotatable bonds is 3. The number of aliphatic carboxylic acids is 1. The number of aromatic nitrogens is 1. The number of piperidine rings is 1. The van der Waals surface area contributed by atoms with E-state index in [0.29, 0.717) is 5.92 Å². The first-order valence-corrected chi connectivity index (χ1v) is 5.60. The van der Waals surface area contributed by atoms with Gasteiger partial charge in [0.25, 0.3) is 0 Å². The van der Waals surface area contributed by atoms with Crippen molar-refractivity contribution in [2.75, 3.05) is 13.1 Å². The summed E-state index contributed by atoms with van der Waals surface area (Å²) in [6, 6.07) is 3.95. The van der Waals surface area contributed by atoms with Crippen molar-refractivity contribution < 1.29 is 9.90 Å². The maximum absolute atomic E-state index is 10.8. The molecule has 0 aromatic carbocycles.